The summed E-state index contributed by atoms with van der Waals surface area (Å²) in [7, 11) is 0. The van der Waals surface area contributed by atoms with E-state index in [2.05, 4.69) is 24.4 Å². The van der Waals surface area contributed by atoms with Gasteiger partial charge in [-0.15, -0.1) is 11.3 Å². The zero-order valence-electron chi connectivity index (χ0n) is 11.2. The van der Waals surface area contributed by atoms with E-state index in [9.17, 15) is 4.79 Å². The van der Waals surface area contributed by atoms with Gasteiger partial charge in [0.1, 0.15) is 0 Å². The molecule has 1 unspecified atom stereocenters. The van der Waals surface area contributed by atoms with Gasteiger partial charge in [0.15, 0.2) is 0 Å². The fraction of sp³-hybridized carbons (Fsp3) is 0.615. The van der Waals surface area contributed by atoms with Gasteiger partial charge in [0.2, 0.25) is 5.91 Å². The van der Waals surface area contributed by atoms with Crippen molar-refractivity contribution in [1.82, 2.24) is 5.32 Å². The maximum absolute atomic E-state index is 11.8. The summed E-state index contributed by atoms with van der Waals surface area (Å²) in [5, 5.41) is 2.98. The standard InChI is InChI=1S/C13H22N2OS2/c1-9(8-11-5-4-10(2)18-11)15-13(16)12(14)6-7-17-3/h4-5,9,12H,6-8,14H2,1-3H3,(H,15,16)/t9?,12-/m1/s1. The second-order valence-corrected chi connectivity index (χ2v) is 6.87. The number of rotatable bonds is 7. The van der Waals surface area contributed by atoms with Gasteiger partial charge >= 0.3 is 0 Å². The van der Waals surface area contributed by atoms with Crippen LogP contribution in [-0.2, 0) is 11.2 Å². The molecule has 0 radical (unpaired) electrons. The molecule has 0 bridgehead atoms. The van der Waals surface area contributed by atoms with Crippen LogP contribution in [0.5, 0.6) is 0 Å². The van der Waals surface area contributed by atoms with Gasteiger partial charge in [0.25, 0.3) is 0 Å². The van der Waals surface area contributed by atoms with Crippen LogP contribution >= 0.6 is 23.1 Å². The van der Waals surface area contributed by atoms with Crippen LogP contribution in [0.4, 0.5) is 0 Å². The zero-order chi connectivity index (χ0) is 13.5. The Bertz CT molecular complexity index is 379. The van der Waals surface area contributed by atoms with E-state index < -0.39 is 0 Å². The predicted molar refractivity (Wildman–Crippen MR) is 81.3 cm³/mol. The Kier molecular flexibility index (Phi) is 6.75. The fourth-order valence-electron chi connectivity index (χ4n) is 1.67. The Morgan fingerprint density at radius 1 is 1.56 bits per heavy atom. The molecule has 0 aliphatic heterocycles. The van der Waals surface area contributed by atoms with E-state index in [0.29, 0.717) is 0 Å². The molecule has 0 aliphatic rings. The molecular formula is C13H22N2OS2. The molecule has 0 aliphatic carbocycles. The molecule has 1 rings (SSSR count). The van der Waals surface area contributed by atoms with Crippen molar-refractivity contribution in [1.29, 1.82) is 0 Å². The summed E-state index contributed by atoms with van der Waals surface area (Å²) in [6.07, 6.45) is 3.63. The largest absolute Gasteiger partial charge is 0.352 e. The topological polar surface area (TPSA) is 55.1 Å². The maximum Gasteiger partial charge on any atom is 0.237 e. The highest BCUT2D eigenvalue weighted by Crippen LogP contribution is 2.16. The van der Waals surface area contributed by atoms with Crippen molar-refractivity contribution in [3.63, 3.8) is 0 Å². The van der Waals surface area contributed by atoms with Crippen molar-refractivity contribution < 1.29 is 4.79 Å². The molecule has 3 N–H and O–H groups in total. The number of carbonyl (C=O) groups excluding carboxylic acids is 1. The summed E-state index contributed by atoms with van der Waals surface area (Å²) in [5.74, 6) is 0.887. The Hall–Kier alpha value is -0.520. The van der Waals surface area contributed by atoms with Crippen LogP contribution in [0.2, 0.25) is 0 Å². The summed E-state index contributed by atoms with van der Waals surface area (Å²) in [5.41, 5.74) is 5.83. The highest BCUT2D eigenvalue weighted by atomic mass is 32.2. The molecule has 1 amide bonds. The molecule has 5 heteroatoms. The lowest BCUT2D eigenvalue weighted by Gasteiger charge is -2.16. The highest BCUT2D eigenvalue weighted by Gasteiger charge is 2.15. The molecule has 3 nitrogen and oxygen atoms in total. The van der Waals surface area contributed by atoms with Gasteiger partial charge in [-0.25, -0.2) is 0 Å². The Labute approximate surface area is 118 Å². The molecule has 0 saturated carbocycles. The van der Waals surface area contributed by atoms with E-state index in [1.165, 1.54) is 9.75 Å². The average molecular weight is 286 g/mol. The molecule has 0 spiro atoms. The van der Waals surface area contributed by atoms with Gasteiger partial charge < -0.3 is 11.1 Å². The zero-order valence-corrected chi connectivity index (χ0v) is 12.9. The van der Waals surface area contributed by atoms with Crippen molar-refractivity contribution in [2.75, 3.05) is 12.0 Å². The minimum atomic E-state index is -0.384. The Morgan fingerprint density at radius 3 is 2.83 bits per heavy atom. The van der Waals surface area contributed by atoms with E-state index in [-0.39, 0.29) is 18.0 Å². The second kappa shape index (κ2) is 7.81. The lowest BCUT2D eigenvalue weighted by molar-refractivity contribution is -0.122. The molecule has 0 aromatic carbocycles. The van der Waals surface area contributed by atoms with E-state index in [1.54, 1.807) is 23.1 Å². The van der Waals surface area contributed by atoms with Gasteiger partial charge in [-0.3, -0.25) is 4.79 Å². The van der Waals surface area contributed by atoms with Crippen LogP contribution in [0.25, 0.3) is 0 Å². The molecule has 0 saturated heterocycles. The number of amides is 1. The Morgan fingerprint density at radius 2 is 2.28 bits per heavy atom. The molecule has 0 fully saturated rings. The summed E-state index contributed by atoms with van der Waals surface area (Å²) >= 11 is 3.49. The number of aryl methyl sites for hydroxylation is 1. The maximum atomic E-state index is 11.8. The Balaban J connectivity index is 2.35. The molecule has 1 aromatic rings. The van der Waals surface area contributed by atoms with Gasteiger partial charge in [-0.2, -0.15) is 11.8 Å². The molecule has 2 atom stereocenters. The normalized spacial score (nSPS) is 14.2. The number of hydrogen-bond donors (Lipinski definition) is 2. The van der Waals surface area contributed by atoms with Crippen molar-refractivity contribution in [2.45, 2.75) is 38.8 Å². The lowest BCUT2D eigenvalue weighted by atomic mass is 10.1. The van der Waals surface area contributed by atoms with Crippen molar-refractivity contribution in [3.8, 4) is 0 Å². The fourth-order valence-corrected chi connectivity index (χ4v) is 3.18. The van der Waals surface area contributed by atoms with Gasteiger partial charge in [-0.1, -0.05) is 0 Å². The third-order valence-corrected chi connectivity index (χ3v) is 4.33. The van der Waals surface area contributed by atoms with Crippen molar-refractivity contribution in [3.05, 3.63) is 21.9 Å². The van der Waals surface area contributed by atoms with Crippen molar-refractivity contribution >= 4 is 29.0 Å². The smallest absolute Gasteiger partial charge is 0.237 e. The van der Waals surface area contributed by atoms with Gasteiger partial charge in [0, 0.05) is 22.2 Å². The van der Waals surface area contributed by atoms with Crippen LogP contribution in [0.15, 0.2) is 12.1 Å². The highest BCUT2D eigenvalue weighted by molar-refractivity contribution is 7.98. The molecule has 1 heterocycles. The lowest BCUT2D eigenvalue weighted by Crippen LogP contribution is -2.45. The molecule has 102 valence electrons. The molecule has 1 aromatic heterocycles. The SMILES string of the molecule is CSCC[C@@H](N)C(=O)NC(C)Cc1ccc(C)s1. The van der Waals surface area contributed by atoms with E-state index in [0.717, 1.165) is 18.6 Å². The second-order valence-electron chi connectivity index (χ2n) is 4.51. The third kappa shape index (κ3) is 5.42. The third-order valence-electron chi connectivity index (χ3n) is 2.66. The van der Waals surface area contributed by atoms with Crippen LogP contribution in [-0.4, -0.2) is 30.0 Å². The summed E-state index contributed by atoms with van der Waals surface area (Å²) in [4.78, 5) is 14.4. The number of nitrogens with one attached hydrogen (secondary N) is 1. The van der Waals surface area contributed by atoms with Gasteiger partial charge in [0.05, 0.1) is 6.04 Å². The summed E-state index contributed by atoms with van der Waals surface area (Å²) < 4.78 is 0. The average Bonchev–Trinajstić information content (AvgIpc) is 2.71. The number of carbonyl (C=O) groups is 1. The van der Waals surface area contributed by atoms with Crippen LogP contribution in [0.3, 0.4) is 0 Å². The summed E-state index contributed by atoms with van der Waals surface area (Å²) in [6, 6.07) is 3.98. The van der Waals surface area contributed by atoms with Crippen molar-refractivity contribution in [2.24, 2.45) is 5.73 Å². The number of nitrogens with two attached hydrogens (primary N) is 1. The van der Waals surface area contributed by atoms with Gasteiger partial charge in [-0.05, 0) is 44.4 Å². The van der Waals surface area contributed by atoms with E-state index in [4.69, 9.17) is 5.73 Å². The number of thioether (sulfide) groups is 1. The predicted octanol–water partition coefficient (Wildman–Crippen LogP) is 2.18. The van der Waals surface area contributed by atoms with Crippen LogP contribution in [0.1, 0.15) is 23.1 Å². The molecule has 18 heavy (non-hydrogen) atoms. The quantitative estimate of drug-likeness (QED) is 0.808. The first kappa shape index (κ1) is 15.5. The number of thiophene rings is 1. The minimum Gasteiger partial charge on any atom is -0.352 e. The van der Waals surface area contributed by atoms with E-state index in [1.807, 2.05) is 13.2 Å². The monoisotopic (exact) mass is 286 g/mol. The number of hydrogen-bond acceptors (Lipinski definition) is 4. The first-order valence-corrected chi connectivity index (χ1v) is 8.34. The first-order valence-electron chi connectivity index (χ1n) is 6.13. The molecular weight excluding hydrogens is 264 g/mol. The minimum absolute atomic E-state index is 0.0372. The van der Waals surface area contributed by atoms with Crippen LogP contribution in [0, 0.1) is 6.92 Å². The van der Waals surface area contributed by atoms with Crippen LogP contribution < -0.4 is 11.1 Å². The summed E-state index contributed by atoms with van der Waals surface area (Å²) in [6.45, 7) is 4.12. The van der Waals surface area contributed by atoms with E-state index >= 15 is 0 Å². The first-order chi connectivity index (χ1) is 8.52.